The fourth-order valence-electron chi connectivity index (χ4n) is 3.81. The maximum Gasteiger partial charge on any atom is 0.326 e. The summed E-state index contributed by atoms with van der Waals surface area (Å²) < 4.78 is 27.2. The number of imidazole rings is 1. The number of anilines is 1. The number of unbranched alkanes of at least 4 members (excludes halogenated alkanes) is 2. The van der Waals surface area contributed by atoms with Crippen LogP contribution in [0.25, 0.3) is 11.2 Å². The van der Waals surface area contributed by atoms with Crippen LogP contribution in [0.2, 0.25) is 0 Å². The third-order valence-corrected chi connectivity index (χ3v) is 7.97. The molecule has 1 amide bonds. The molecule has 3 rings (SSSR count). The van der Waals surface area contributed by atoms with Gasteiger partial charge < -0.3 is 19.8 Å². The van der Waals surface area contributed by atoms with Crippen molar-refractivity contribution in [3.05, 3.63) is 48.0 Å². The summed E-state index contributed by atoms with van der Waals surface area (Å²) in [5.41, 5.74) is 6.84. The molecule has 0 radical (unpaired) electrons. The number of hydrogen-bond donors (Lipinski definition) is 3. The van der Waals surface area contributed by atoms with E-state index >= 15 is 0 Å². The molecular formula is C26H38N7O5P. The first-order chi connectivity index (χ1) is 18.4. The monoisotopic (exact) mass is 559 g/mol. The molecule has 3 aromatic rings. The van der Waals surface area contributed by atoms with Crippen LogP contribution in [0.15, 0.2) is 36.9 Å². The largest absolute Gasteiger partial charge is 0.464 e. The molecule has 1 unspecified atom stereocenters. The summed E-state index contributed by atoms with van der Waals surface area (Å²) in [7, 11) is -3.82. The van der Waals surface area contributed by atoms with Crippen molar-refractivity contribution >= 4 is 36.3 Å². The van der Waals surface area contributed by atoms with Gasteiger partial charge >= 0.3 is 5.97 Å². The number of nitrogens with two attached hydrogens (primary N) is 1. The Labute approximate surface area is 228 Å². The molecule has 13 heteroatoms. The van der Waals surface area contributed by atoms with E-state index in [1.165, 1.54) is 6.33 Å². The van der Waals surface area contributed by atoms with Crippen molar-refractivity contribution in [2.45, 2.75) is 72.1 Å². The molecule has 4 N–H and O–H groups in total. The number of aryl methyl sites for hydroxylation is 1. The van der Waals surface area contributed by atoms with Crippen molar-refractivity contribution in [3.8, 4) is 0 Å². The smallest absolute Gasteiger partial charge is 0.326 e. The Morgan fingerprint density at radius 2 is 1.87 bits per heavy atom. The maximum absolute atomic E-state index is 14.1. The van der Waals surface area contributed by atoms with Gasteiger partial charge in [-0.2, -0.15) is 0 Å². The number of carbonyl (C=O) groups excluding carboxylic acids is 2. The highest BCUT2D eigenvalue weighted by molar-refractivity contribution is 7.60. The van der Waals surface area contributed by atoms with Crippen molar-refractivity contribution < 1.29 is 23.6 Å². The van der Waals surface area contributed by atoms with Crippen LogP contribution in [-0.4, -0.2) is 56.0 Å². The van der Waals surface area contributed by atoms with E-state index in [1.54, 1.807) is 55.9 Å². The number of amides is 1. The van der Waals surface area contributed by atoms with Gasteiger partial charge in [-0.15, -0.1) is 0 Å². The van der Waals surface area contributed by atoms with Crippen molar-refractivity contribution in [2.24, 2.45) is 0 Å². The van der Waals surface area contributed by atoms with E-state index in [-0.39, 0.29) is 18.8 Å². The summed E-state index contributed by atoms with van der Waals surface area (Å²) in [5.74, 6) is -0.857. The lowest BCUT2D eigenvalue weighted by atomic mass is 10.1. The lowest BCUT2D eigenvalue weighted by Gasteiger charge is -2.31. The van der Waals surface area contributed by atoms with E-state index in [4.69, 9.17) is 15.2 Å². The number of nitrogens with one attached hydrogen (secondary N) is 2. The fourth-order valence-corrected chi connectivity index (χ4v) is 5.92. The van der Waals surface area contributed by atoms with E-state index in [0.29, 0.717) is 23.3 Å². The first kappa shape index (κ1) is 30.2. The van der Waals surface area contributed by atoms with E-state index < -0.39 is 31.0 Å². The average molecular weight is 560 g/mol. The number of fused-ring (bicyclic) bond motifs is 1. The van der Waals surface area contributed by atoms with Crippen LogP contribution in [0.4, 0.5) is 5.82 Å². The van der Waals surface area contributed by atoms with Gasteiger partial charge in [0, 0.05) is 5.56 Å². The topological polar surface area (TPSA) is 163 Å². The van der Waals surface area contributed by atoms with Gasteiger partial charge in [-0.1, -0.05) is 37.5 Å². The summed E-state index contributed by atoms with van der Waals surface area (Å²) in [6.07, 6.45) is 4.75. The summed E-state index contributed by atoms with van der Waals surface area (Å²) in [4.78, 5) is 38.2. The number of carbonyl (C=O) groups is 2. The van der Waals surface area contributed by atoms with Crippen LogP contribution in [-0.2, 0) is 25.4 Å². The zero-order valence-corrected chi connectivity index (χ0v) is 24.0. The van der Waals surface area contributed by atoms with E-state index in [9.17, 15) is 14.2 Å². The second-order valence-corrected chi connectivity index (χ2v) is 12.2. The summed E-state index contributed by atoms with van der Waals surface area (Å²) in [6.45, 7) is 9.45. The van der Waals surface area contributed by atoms with Crippen LogP contribution in [0, 0.1) is 6.92 Å². The molecule has 1 aromatic carbocycles. The van der Waals surface area contributed by atoms with Crippen LogP contribution < -0.4 is 15.9 Å². The second-order valence-electron chi connectivity index (χ2n) is 10.1. The normalized spacial score (nSPS) is 14.1. The minimum atomic E-state index is -3.82. The van der Waals surface area contributed by atoms with Crippen molar-refractivity contribution in [1.29, 1.82) is 0 Å². The Bertz CT molecular complexity index is 1330. The molecular weight excluding hydrogens is 521 g/mol. The van der Waals surface area contributed by atoms with Gasteiger partial charge in [0.1, 0.15) is 23.7 Å². The highest BCUT2D eigenvalue weighted by Gasteiger charge is 2.39. The Morgan fingerprint density at radius 3 is 2.56 bits per heavy atom. The number of rotatable bonds is 14. The van der Waals surface area contributed by atoms with Gasteiger partial charge in [0.05, 0.1) is 25.6 Å². The SMILES string of the molecule is CCCCCOC(=O)C(C)(C)NP(=O)(CO[C@@H](C)Cn1cnc2c(N)ncnc21)NC(=O)c1ccc(C)cc1. The zero-order chi connectivity index (χ0) is 28.6. The standard InChI is InChI=1S/C26H38N7O5P/c1-6-7-8-13-37-25(35)26(4,5)32-39(36,31-24(34)20-11-9-18(2)10-12-20)17-38-19(3)14-33-16-30-21-22(27)28-15-29-23(21)33/h9-12,15-16,19H,6-8,13-14,17H2,1-5H3,(H2,27,28,29)(H2,31,32,34,36)/t19-,39?/m0/s1. The van der Waals surface area contributed by atoms with Crippen molar-refractivity contribution in [2.75, 3.05) is 18.7 Å². The summed E-state index contributed by atoms with van der Waals surface area (Å²) >= 11 is 0. The summed E-state index contributed by atoms with van der Waals surface area (Å²) in [6, 6.07) is 6.86. The highest BCUT2D eigenvalue weighted by Crippen LogP contribution is 2.40. The molecule has 0 saturated carbocycles. The van der Waals surface area contributed by atoms with Crippen LogP contribution in [0.1, 0.15) is 62.9 Å². The third-order valence-electron chi connectivity index (χ3n) is 5.97. The Kier molecular flexibility index (Phi) is 10.2. The molecule has 0 bridgehead atoms. The molecule has 212 valence electrons. The molecule has 2 aromatic heterocycles. The third kappa shape index (κ3) is 8.32. The van der Waals surface area contributed by atoms with Crippen LogP contribution in [0.5, 0.6) is 0 Å². The minimum absolute atomic E-state index is 0.262. The molecule has 0 aliphatic heterocycles. The molecule has 0 saturated heterocycles. The first-order valence-corrected chi connectivity index (χ1v) is 14.8. The van der Waals surface area contributed by atoms with E-state index in [2.05, 4.69) is 32.1 Å². The predicted molar refractivity (Wildman–Crippen MR) is 149 cm³/mol. The highest BCUT2D eigenvalue weighted by atomic mass is 31.2. The van der Waals surface area contributed by atoms with Gasteiger partial charge in [-0.3, -0.25) is 19.2 Å². The van der Waals surface area contributed by atoms with Gasteiger partial charge in [0.2, 0.25) is 0 Å². The number of nitrogen functional groups attached to an aromatic ring is 1. The molecule has 2 atom stereocenters. The molecule has 39 heavy (non-hydrogen) atoms. The second kappa shape index (κ2) is 13.1. The van der Waals surface area contributed by atoms with Gasteiger partial charge in [0.15, 0.2) is 11.5 Å². The van der Waals surface area contributed by atoms with Gasteiger partial charge in [-0.05, 0) is 46.2 Å². The van der Waals surface area contributed by atoms with Gasteiger partial charge in [0.25, 0.3) is 13.4 Å². The van der Waals surface area contributed by atoms with Crippen molar-refractivity contribution in [3.63, 3.8) is 0 Å². The number of aromatic nitrogens is 4. The van der Waals surface area contributed by atoms with Crippen LogP contribution in [0.3, 0.4) is 0 Å². The molecule has 0 spiro atoms. The number of nitrogens with zero attached hydrogens (tertiary/aromatic N) is 4. The van der Waals surface area contributed by atoms with E-state index in [1.807, 2.05) is 6.92 Å². The lowest BCUT2D eigenvalue weighted by Crippen LogP contribution is -2.49. The molecule has 2 heterocycles. The number of ether oxygens (including phenoxy) is 2. The Balaban J connectivity index is 1.74. The summed E-state index contributed by atoms with van der Waals surface area (Å²) in [5, 5.41) is 5.43. The molecule has 0 aliphatic rings. The van der Waals surface area contributed by atoms with Crippen molar-refractivity contribution in [1.82, 2.24) is 29.7 Å². The molecule has 0 fully saturated rings. The molecule has 12 nitrogen and oxygen atoms in total. The lowest BCUT2D eigenvalue weighted by molar-refractivity contribution is -0.149. The average Bonchev–Trinajstić information content (AvgIpc) is 3.29. The quantitative estimate of drug-likeness (QED) is 0.150. The Morgan fingerprint density at radius 1 is 1.15 bits per heavy atom. The maximum atomic E-state index is 14.1. The fraction of sp³-hybridized carbons (Fsp3) is 0.500. The Hall–Kier alpha value is -3.34. The minimum Gasteiger partial charge on any atom is -0.464 e. The van der Waals surface area contributed by atoms with Crippen LogP contribution >= 0.6 is 7.44 Å². The van der Waals surface area contributed by atoms with E-state index in [0.717, 1.165) is 24.8 Å². The number of hydrogen-bond acceptors (Lipinski definition) is 9. The number of benzene rings is 1. The van der Waals surface area contributed by atoms with Gasteiger partial charge in [-0.25, -0.2) is 20.0 Å². The first-order valence-electron chi connectivity index (χ1n) is 12.9. The zero-order valence-electron chi connectivity index (χ0n) is 23.1. The number of esters is 1. The molecule has 0 aliphatic carbocycles. The predicted octanol–water partition coefficient (Wildman–Crippen LogP) is 3.80.